The number of carbonyl (C=O) groups excluding carboxylic acids is 2. The fourth-order valence-corrected chi connectivity index (χ4v) is 4.67. The second kappa shape index (κ2) is 9.23. The average molecular weight is 430 g/mol. The van der Waals surface area contributed by atoms with Crippen LogP contribution in [0.1, 0.15) is 28.2 Å². The highest BCUT2D eigenvalue weighted by Crippen LogP contribution is 2.28. The predicted molar refractivity (Wildman–Crippen MR) is 116 cm³/mol. The van der Waals surface area contributed by atoms with Crippen molar-refractivity contribution >= 4 is 34.8 Å². The van der Waals surface area contributed by atoms with Crippen LogP contribution in [0.5, 0.6) is 0 Å². The molecule has 0 fully saturated rings. The van der Waals surface area contributed by atoms with Crippen LogP contribution in [0, 0.1) is 13.8 Å². The van der Waals surface area contributed by atoms with E-state index in [2.05, 4.69) is 21.3 Å². The zero-order chi connectivity index (χ0) is 21.0. The lowest BCUT2D eigenvalue weighted by Crippen LogP contribution is -2.15. The molecule has 0 saturated heterocycles. The van der Waals surface area contributed by atoms with Gasteiger partial charge in [-0.3, -0.25) is 9.59 Å². The van der Waals surface area contributed by atoms with E-state index in [0.717, 1.165) is 16.3 Å². The number of allylic oxidation sites excluding steroid dienone is 1. The number of aryl methyl sites for hydroxylation is 1. The molecule has 0 atom stereocenters. The van der Waals surface area contributed by atoms with E-state index in [4.69, 9.17) is 5.73 Å². The van der Waals surface area contributed by atoms with Crippen molar-refractivity contribution in [1.82, 2.24) is 19.3 Å². The summed E-state index contributed by atoms with van der Waals surface area (Å²) < 4.78 is 3.92. The number of carbonyl (C=O) groups is 2. The van der Waals surface area contributed by atoms with Crippen LogP contribution < -0.4 is 5.73 Å². The standard InChI is InChI=1S/C20H23N5O2S2/c1-4-8-24-13(2)11-15(14(24)3)16(26)12-29-20-23-22-19(17-6-5-10-28-17)25(20)9-7-18(21)27/h4-6,10-11H,1,7-9,12H2,2-3H3,(H2,21,27). The first kappa shape index (κ1) is 21.1. The molecule has 0 aromatic carbocycles. The molecule has 29 heavy (non-hydrogen) atoms. The third-order valence-electron chi connectivity index (χ3n) is 4.56. The molecule has 0 aliphatic heterocycles. The van der Waals surface area contributed by atoms with E-state index < -0.39 is 5.91 Å². The number of ketones is 1. The molecule has 0 radical (unpaired) electrons. The quantitative estimate of drug-likeness (QED) is 0.302. The van der Waals surface area contributed by atoms with Crippen molar-refractivity contribution in [2.24, 2.45) is 5.73 Å². The Morgan fingerprint density at radius 2 is 2.10 bits per heavy atom. The normalized spacial score (nSPS) is 11.0. The minimum Gasteiger partial charge on any atom is -0.370 e. The van der Waals surface area contributed by atoms with Crippen molar-refractivity contribution < 1.29 is 9.59 Å². The Kier molecular flexibility index (Phi) is 6.71. The topological polar surface area (TPSA) is 95.8 Å². The first-order valence-electron chi connectivity index (χ1n) is 9.11. The van der Waals surface area contributed by atoms with Crippen molar-refractivity contribution in [1.29, 1.82) is 0 Å². The molecule has 152 valence electrons. The smallest absolute Gasteiger partial charge is 0.219 e. The second-order valence-corrected chi connectivity index (χ2v) is 8.44. The Hall–Kier alpha value is -2.65. The number of Topliss-reactive ketones (excluding diaryl/α,β-unsaturated/α-hetero) is 1. The van der Waals surface area contributed by atoms with E-state index in [1.165, 1.54) is 11.8 Å². The van der Waals surface area contributed by atoms with Gasteiger partial charge in [-0.2, -0.15) is 0 Å². The van der Waals surface area contributed by atoms with E-state index >= 15 is 0 Å². The molecule has 2 N–H and O–H groups in total. The number of aromatic nitrogens is 4. The summed E-state index contributed by atoms with van der Waals surface area (Å²) in [5.41, 5.74) is 7.99. The molecule has 0 aliphatic carbocycles. The first-order chi connectivity index (χ1) is 13.9. The monoisotopic (exact) mass is 429 g/mol. The van der Waals surface area contributed by atoms with Crippen molar-refractivity contribution in [2.45, 2.75) is 38.5 Å². The molecule has 0 bridgehead atoms. The molecule has 9 heteroatoms. The summed E-state index contributed by atoms with van der Waals surface area (Å²) in [5, 5.41) is 11.1. The van der Waals surface area contributed by atoms with Crippen LogP contribution >= 0.6 is 23.1 Å². The number of nitrogens with zero attached hydrogens (tertiary/aromatic N) is 4. The molecule has 0 aliphatic rings. The van der Waals surface area contributed by atoms with Crippen molar-refractivity contribution in [3.05, 3.63) is 53.2 Å². The van der Waals surface area contributed by atoms with E-state index in [9.17, 15) is 9.59 Å². The van der Waals surface area contributed by atoms with E-state index in [1.54, 1.807) is 11.3 Å². The molecule has 0 spiro atoms. The maximum atomic E-state index is 12.8. The SMILES string of the molecule is C=CCn1c(C)cc(C(=O)CSc2nnc(-c3cccs3)n2CCC(N)=O)c1C. The second-order valence-electron chi connectivity index (χ2n) is 6.55. The molecular formula is C20H23N5O2S2. The third-order valence-corrected chi connectivity index (χ3v) is 6.39. The lowest BCUT2D eigenvalue weighted by Gasteiger charge is -2.08. The van der Waals surface area contributed by atoms with Crippen LogP contribution in [0.15, 0.2) is 41.4 Å². The summed E-state index contributed by atoms with van der Waals surface area (Å²) in [6.07, 6.45) is 2.00. The highest BCUT2D eigenvalue weighted by atomic mass is 32.2. The zero-order valence-corrected chi connectivity index (χ0v) is 18.1. The lowest BCUT2D eigenvalue weighted by molar-refractivity contribution is -0.118. The van der Waals surface area contributed by atoms with Gasteiger partial charge in [0.2, 0.25) is 5.91 Å². The molecular weight excluding hydrogens is 406 g/mol. The summed E-state index contributed by atoms with van der Waals surface area (Å²) in [6.45, 7) is 8.74. The van der Waals surface area contributed by atoms with Crippen molar-refractivity contribution in [2.75, 3.05) is 5.75 Å². The summed E-state index contributed by atoms with van der Waals surface area (Å²) in [7, 11) is 0. The highest BCUT2D eigenvalue weighted by Gasteiger charge is 2.19. The van der Waals surface area contributed by atoms with Gasteiger partial charge in [-0.15, -0.1) is 28.1 Å². The average Bonchev–Trinajstić information content (AvgIpc) is 3.40. The van der Waals surface area contributed by atoms with Gasteiger partial charge in [-0.1, -0.05) is 23.9 Å². The predicted octanol–water partition coefficient (Wildman–Crippen LogP) is 3.46. The number of thioether (sulfide) groups is 1. The maximum Gasteiger partial charge on any atom is 0.219 e. The highest BCUT2D eigenvalue weighted by molar-refractivity contribution is 7.99. The van der Waals surface area contributed by atoms with Gasteiger partial charge in [0.05, 0.1) is 10.6 Å². The Bertz CT molecular complexity index is 1030. The largest absolute Gasteiger partial charge is 0.370 e. The molecule has 0 unspecified atom stereocenters. The molecule has 3 rings (SSSR count). The minimum atomic E-state index is -0.391. The van der Waals surface area contributed by atoms with E-state index in [1.807, 2.05) is 48.1 Å². The van der Waals surface area contributed by atoms with Gasteiger partial charge in [-0.25, -0.2) is 0 Å². The Balaban J connectivity index is 1.80. The Labute approximate surface area is 177 Å². The minimum absolute atomic E-state index is 0.0283. The zero-order valence-electron chi connectivity index (χ0n) is 16.4. The van der Waals surface area contributed by atoms with Crippen LogP contribution in [0.2, 0.25) is 0 Å². The van der Waals surface area contributed by atoms with Gasteiger partial charge >= 0.3 is 0 Å². The van der Waals surface area contributed by atoms with Crippen molar-refractivity contribution in [3.63, 3.8) is 0 Å². The maximum absolute atomic E-state index is 12.8. The summed E-state index contributed by atoms with van der Waals surface area (Å²) >= 11 is 2.86. The van der Waals surface area contributed by atoms with Gasteiger partial charge in [-0.05, 0) is 31.4 Å². The molecule has 1 amide bonds. The molecule has 0 saturated carbocycles. The molecule has 3 aromatic heterocycles. The van der Waals surface area contributed by atoms with Crippen LogP contribution in [0.25, 0.3) is 10.7 Å². The number of primary amides is 1. The summed E-state index contributed by atoms with van der Waals surface area (Å²) in [5.74, 6) is 0.552. The van der Waals surface area contributed by atoms with E-state index in [-0.39, 0.29) is 18.0 Å². The van der Waals surface area contributed by atoms with Gasteiger partial charge in [0.1, 0.15) is 0 Å². The number of hydrogen-bond donors (Lipinski definition) is 1. The van der Waals surface area contributed by atoms with Gasteiger partial charge in [0, 0.05) is 36.5 Å². The Morgan fingerprint density at radius 3 is 2.76 bits per heavy atom. The van der Waals surface area contributed by atoms with Crippen LogP contribution in [-0.4, -0.2) is 36.8 Å². The fraction of sp³-hybridized carbons (Fsp3) is 0.300. The number of thiophene rings is 1. The summed E-state index contributed by atoms with van der Waals surface area (Å²) in [4.78, 5) is 25.1. The van der Waals surface area contributed by atoms with Crippen LogP contribution in [0.4, 0.5) is 0 Å². The van der Waals surface area contributed by atoms with Crippen LogP contribution in [-0.2, 0) is 17.9 Å². The molecule has 3 heterocycles. The fourth-order valence-electron chi connectivity index (χ4n) is 3.11. The van der Waals surface area contributed by atoms with Crippen molar-refractivity contribution in [3.8, 4) is 10.7 Å². The van der Waals surface area contributed by atoms with Crippen LogP contribution in [0.3, 0.4) is 0 Å². The number of nitrogens with two attached hydrogens (primary N) is 1. The lowest BCUT2D eigenvalue weighted by atomic mass is 10.2. The molecule has 7 nitrogen and oxygen atoms in total. The first-order valence-corrected chi connectivity index (χ1v) is 11.0. The Morgan fingerprint density at radius 1 is 1.31 bits per heavy atom. The number of rotatable bonds is 10. The third kappa shape index (κ3) is 4.68. The number of hydrogen-bond acceptors (Lipinski definition) is 6. The van der Waals surface area contributed by atoms with Gasteiger partial charge < -0.3 is 14.9 Å². The van der Waals surface area contributed by atoms with E-state index in [0.29, 0.717) is 29.6 Å². The van der Waals surface area contributed by atoms with Gasteiger partial charge in [0.25, 0.3) is 0 Å². The number of amides is 1. The summed E-state index contributed by atoms with van der Waals surface area (Å²) in [6, 6.07) is 5.79. The van der Waals surface area contributed by atoms with Gasteiger partial charge in [0.15, 0.2) is 16.8 Å². The molecule has 3 aromatic rings.